The molecule has 0 aromatic carbocycles. The molecule has 0 unspecified atom stereocenters. The number of nitrogens with zero attached hydrogens (tertiary/aromatic N) is 2. The predicted molar refractivity (Wildman–Crippen MR) is 62.3 cm³/mol. The molecule has 1 aromatic heterocycles. The highest BCUT2D eigenvalue weighted by atomic mass is 16.5. The molecule has 0 saturated heterocycles. The molecule has 0 fully saturated rings. The lowest BCUT2D eigenvalue weighted by atomic mass is 10.1. The molecule has 0 aliphatic carbocycles. The zero-order valence-electron chi connectivity index (χ0n) is 10.5. The van der Waals surface area contributed by atoms with Crippen molar-refractivity contribution in [1.82, 2.24) is 9.78 Å². The Morgan fingerprint density at radius 2 is 2.06 bits per heavy atom. The van der Waals surface area contributed by atoms with Gasteiger partial charge in [-0.3, -0.25) is 0 Å². The van der Waals surface area contributed by atoms with Gasteiger partial charge < -0.3 is 10.5 Å². The average Bonchev–Trinajstić information content (AvgIpc) is 2.41. The first kappa shape index (κ1) is 12.5. The van der Waals surface area contributed by atoms with Crippen LogP contribution in [0, 0.1) is 6.92 Å². The molecule has 1 aromatic rings. The fourth-order valence-corrected chi connectivity index (χ4v) is 1.51. The van der Waals surface area contributed by atoms with E-state index in [-0.39, 0.29) is 5.54 Å². The van der Waals surface area contributed by atoms with Gasteiger partial charge in [0.05, 0.1) is 17.8 Å². The number of esters is 1. The van der Waals surface area contributed by atoms with Crippen LogP contribution in [0.5, 0.6) is 0 Å². The van der Waals surface area contributed by atoms with Gasteiger partial charge in [-0.05, 0) is 34.6 Å². The van der Waals surface area contributed by atoms with Crippen molar-refractivity contribution in [3.63, 3.8) is 0 Å². The summed E-state index contributed by atoms with van der Waals surface area (Å²) < 4.78 is 6.59. The maximum absolute atomic E-state index is 11.7. The maximum Gasteiger partial charge on any atom is 0.343 e. The summed E-state index contributed by atoms with van der Waals surface area (Å²) in [5, 5.41) is 4.28. The molecule has 0 amide bonds. The average molecular weight is 225 g/mol. The zero-order chi connectivity index (χ0) is 12.5. The first-order valence-electron chi connectivity index (χ1n) is 5.31. The first-order chi connectivity index (χ1) is 7.29. The van der Waals surface area contributed by atoms with Crippen LogP contribution in [0.25, 0.3) is 0 Å². The molecule has 5 nitrogen and oxygen atoms in total. The van der Waals surface area contributed by atoms with Gasteiger partial charge in [-0.15, -0.1) is 0 Å². The van der Waals surface area contributed by atoms with Crippen molar-refractivity contribution in [1.29, 1.82) is 0 Å². The third-order valence-electron chi connectivity index (χ3n) is 2.21. The van der Waals surface area contributed by atoms with Crippen LogP contribution in [-0.2, 0) is 10.3 Å². The van der Waals surface area contributed by atoms with E-state index in [1.807, 2.05) is 20.8 Å². The lowest BCUT2D eigenvalue weighted by Gasteiger charge is -2.20. The Kier molecular flexibility index (Phi) is 3.26. The lowest BCUT2D eigenvalue weighted by molar-refractivity contribution is 0.0526. The summed E-state index contributed by atoms with van der Waals surface area (Å²) in [6, 6.07) is 0. The second-order valence-corrected chi connectivity index (χ2v) is 4.65. The van der Waals surface area contributed by atoms with E-state index in [1.165, 1.54) is 0 Å². The minimum Gasteiger partial charge on any atom is -0.462 e. The number of hydrogen-bond acceptors (Lipinski definition) is 4. The number of carbonyl (C=O) groups is 1. The Bertz CT molecular complexity index is 402. The van der Waals surface area contributed by atoms with Crippen LogP contribution in [0.1, 0.15) is 43.7 Å². The fourth-order valence-electron chi connectivity index (χ4n) is 1.51. The fraction of sp³-hybridized carbons (Fsp3) is 0.636. The Hall–Kier alpha value is -1.52. The van der Waals surface area contributed by atoms with E-state index in [2.05, 4.69) is 5.10 Å². The summed E-state index contributed by atoms with van der Waals surface area (Å²) in [5.41, 5.74) is 6.65. The molecule has 5 heteroatoms. The maximum atomic E-state index is 11.7. The van der Waals surface area contributed by atoms with Crippen molar-refractivity contribution in [3.05, 3.63) is 11.3 Å². The second kappa shape index (κ2) is 4.15. The largest absolute Gasteiger partial charge is 0.462 e. The van der Waals surface area contributed by atoms with E-state index < -0.39 is 5.97 Å². The molecular formula is C11H19N3O2. The van der Waals surface area contributed by atoms with Gasteiger partial charge in [0.2, 0.25) is 0 Å². The summed E-state index contributed by atoms with van der Waals surface area (Å²) in [6.45, 7) is 9.78. The third-order valence-corrected chi connectivity index (χ3v) is 2.21. The molecular weight excluding hydrogens is 206 g/mol. The van der Waals surface area contributed by atoms with Gasteiger partial charge in [-0.25, -0.2) is 9.48 Å². The molecule has 1 heterocycles. The molecule has 0 aliphatic rings. The number of nitrogen functional groups attached to an aromatic ring is 1. The summed E-state index contributed by atoms with van der Waals surface area (Å²) in [7, 11) is 0. The van der Waals surface area contributed by atoms with Crippen LogP contribution in [0.4, 0.5) is 5.82 Å². The minimum atomic E-state index is -0.409. The van der Waals surface area contributed by atoms with E-state index in [4.69, 9.17) is 10.5 Å². The van der Waals surface area contributed by atoms with Gasteiger partial charge in [-0.1, -0.05) is 0 Å². The molecule has 2 N–H and O–H groups in total. The van der Waals surface area contributed by atoms with Crippen molar-refractivity contribution < 1.29 is 9.53 Å². The number of anilines is 1. The zero-order valence-corrected chi connectivity index (χ0v) is 10.5. The topological polar surface area (TPSA) is 70.1 Å². The van der Waals surface area contributed by atoms with Gasteiger partial charge in [0, 0.05) is 0 Å². The Morgan fingerprint density at radius 3 is 2.44 bits per heavy atom. The number of hydrogen-bond donors (Lipinski definition) is 1. The van der Waals surface area contributed by atoms with Crippen LogP contribution in [0.3, 0.4) is 0 Å². The van der Waals surface area contributed by atoms with E-state index in [1.54, 1.807) is 18.5 Å². The SMILES string of the molecule is CCOC(=O)c1c(C)nn(C(C)(C)C)c1N. The molecule has 0 aliphatic heterocycles. The predicted octanol–water partition coefficient (Wildman–Crippen LogP) is 1.71. The monoisotopic (exact) mass is 225 g/mol. The first-order valence-corrected chi connectivity index (χ1v) is 5.31. The molecule has 1 rings (SSSR count). The standard InChI is InChI=1S/C11H19N3O2/c1-6-16-10(15)8-7(2)13-14(9(8)12)11(3,4)5/h6,12H2,1-5H3. The van der Waals surface area contributed by atoms with E-state index in [0.29, 0.717) is 23.7 Å². The molecule has 0 radical (unpaired) electrons. The quantitative estimate of drug-likeness (QED) is 0.778. The van der Waals surface area contributed by atoms with Gasteiger partial charge >= 0.3 is 5.97 Å². The van der Waals surface area contributed by atoms with E-state index in [9.17, 15) is 4.79 Å². The van der Waals surface area contributed by atoms with Gasteiger partial charge in [0.15, 0.2) is 0 Å². The van der Waals surface area contributed by atoms with Crippen LogP contribution in [0.15, 0.2) is 0 Å². The molecule has 0 spiro atoms. The smallest absolute Gasteiger partial charge is 0.343 e. The number of aromatic nitrogens is 2. The minimum absolute atomic E-state index is 0.250. The van der Waals surface area contributed by atoms with Crippen molar-refractivity contribution >= 4 is 11.8 Å². The molecule has 16 heavy (non-hydrogen) atoms. The third kappa shape index (κ3) is 2.18. The molecule has 0 saturated carbocycles. The number of ether oxygens (including phenoxy) is 1. The van der Waals surface area contributed by atoms with Gasteiger partial charge in [-0.2, -0.15) is 5.10 Å². The highest BCUT2D eigenvalue weighted by Gasteiger charge is 2.25. The second-order valence-electron chi connectivity index (χ2n) is 4.65. The molecule has 0 atom stereocenters. The number of aryl methyl sites for hydroxylation is 1. The normalized spacial score (nSPS) is 11.6. The van der Waals surface area contributed by atoms with Crippen LogP contribution in [0.2, 0.25) is 0 Å². The summed E-state index contributed by atoms with van der Waals surface area (Å²) in [6.07, 6.45) is 0. The highest BCUT2D eigenvalue weighted by molar-refractivity contribution is 5.95. The lowest BCUT2D eigenvalue weighted by Crippen LogP contribution is -2.25. The summed E-state index contributed by atoms with van der Waals surface area (Å²) >= 11 is 0. The van der Waals surface area contributed by atoms with Gasteiger partial charge in [0.25, 0.3) is 0 Å². The van der Waals surface area contributed by atoms with E-state index >= 15 is 0 Å². The van der Waals surface area contributed by atoms with Gasteiger partial charge in [0.1, 0.15) is 11.4 Å². The summed E-state index contributed by atoms with van der Waals surface area (Å²) in [5.74, 6) is -0.0450. The highest BCUT2D eigenvalue weighted by Crippen LogP contribution is 2.24. The van der Waals surface area contributed by atoms with Crippen molar-refractivity contribution in [2.75, 3.05) is 12.3 Å². The van der Waals surface area contributed by atoms with Crippen molar-refractivity contribution in [2.24, 2.45) is 0 Å². The number of nitrogens with two attached hydrogens (primary N) is 1. The van der Waals surface area contributed by atoms with E-state index in [0.717, 1.165) is 0 Å². The Labute approximate surface area is 95.6 Å². The molecule has 0 bridgehead atoms. The van der Waals surface area contributed by atoms with Crippen LogP contribution in [-0.4, -0.2) is 22.4 Å². The van der Waals surface area contributed by atoms with Crippen LogP contribution >= 0.6 is 0 Å². The Morgan fingerprint density at radius 1 is 1.50 bits per heavy atom. The van der Waals surface area contributed by atoms with Crippen molar-refractivity contribution in [2.45, 2.75) is 40.2 Å². The number of rotatable bonds is 2. The number of carbonyl (C=O) groups excluding carboxylic acids is 1. The Balaban J connectivity index is 3.23. The van der Waals surface area contributed by atoms with Crippen molar-refractivity contribution in [3.8, 4) is 0 Å². The molecule has 90 valence electrons. The van der Waals surface area contributed by atoms with Crippen LogP contribution < -0.4 is 5.73 Å². The summed E-state index contributed by atoms with van der Waals surface area (Å²) in [4.78, 5) is 11.7.